The lowest BCUT2D eigenvalue weighted by molar-refractivity contribution is -0.129. The second-order valence-corrected chi connectivity index (χ2v) is 10.5. The second kappa shape index (κ2) is 10.0. The summed E-state index contributed by atoms with van der Waals surface area (Å²) in [4.78, 5) is 36.1. The van der Waals surface area contributed by atoms with Gasteiger partial charge in [0.2, 0.25) is 5.78 Å². The number of rotatable bonds is 8. The molecule has 0 saturated carbocycles. The molecule has 0 fully saturated rings. The standard InChI is InChI=1S/C25H25N3O4S2/c1-15-23(34-25(26-15)33-18-10-5-4-6-11-18)21(30)19-20(16-8-7-9-17(29)14-16)28(13-12-27(2)3)24(32)22(19)31/h4-11,14,20,29,31H,12-13H2,1-3H3/t20-/m0/s1. The number of likely N-dealkylation sites (N-methyl/N-ethyl adjacent to an activating group) is 1. The molecule has 7 nitrogen and oxygen atoms in total. The van der Waals surface area contributed by atoms with Crippen molar-refractivity contribution in [2.75, 3.05) is 27.2 Å². The van der Waals surface area contributed by atoms with Crippen LogP contribution in [0.4, 0.5) is 0 Å². The van der Waals surface area contributed by atoms with Crippen LogP contribution in [0.3, 0.4) is 0 Å². The Hall–Kier alpha value is -3.14. The van der Waals surface area contributed by atoms with E-state index in [0.29, 0.717) is 33.6 Å². The number of hydrogen-bond donors (Lipinski definition) is 2. The van der Waals surface area contributed by atoms with Crippen LogP contribution < -0.4 is 0 Å². The number of aliphatic hydroxyl groups excluding tert-OH is 1. The third-order valence-electron chi connectivity index (χ3n) is 5.45. The van der Waals surface area contributed by atoms with Crippen molar-refractivity contribution in [3.8, 4) is 5.75 Å². The molecule has 3 aromatic rings. The molecule has 9 heteroatoms. The van der Waals surface area contributed by atoms with Gasteiger partial charge in [-0.1, -0.05) is 42.1 Å². The molecule has 0 bridgehead atoms. The first-order valence-corrected chi connectivity index (χ1v) is 12.3. The highest BCUT2D eigenvalue weighted by molar-refractivity contribution is 8.01. The number of hydrogen-bond acceptors (Lipinski definition) is 8. The number of aromatic hydroxyl groups is 1. The number of Topliss-reactive ketones (excluding diaryl/α,β-unsaturated/α-hetero) is 1. The van der Waals surface area contributed by atoms with E-state index in [4.69, 9.17) is 0 Å². The van der Waals surface area contributed by atoms with E-state index in [9.17, 15) is 19.8 Å². The van der Waals surface area contributed by atoms with Crippen molar-refractivity contribution < 1.29 is 19.8 Å². The summed E-state index contributed by atoms with van der Waals surface area (Å²) in [6.07, 6.45) is 0. The van der Waals surface area contributed by atoms with E-state index in [1.165, 1.54) is 40.1 Å². The Labute approximate surface area is 206 Å². The molecule has 34 heavy (non-hydrogen) atoms. The quantitative estimate of drug-likeness (QED) is 0.446. The zero-order valence-electron chi connectivity index (χ0n) is 19.1. The van der Waals surface area contributed by atoms with Gasteiger partial charge in [-0.3, -0.25) is 9.59 Å². The average Bonchev–Trinajstić information content (AvgIpc) is 3.29. The van der Waals surface area contributed by atoms with Crippen molar-refractivity contribution in [2.24, 2.45) is 0 Å². The van der Waals surface area contributed by atoms with Gasteiger partial charge in [0.25, 0.3) is 5.91 Å². The molecule has 1 aliphatic heterocycles. The third-order valence-corrected chi connectivity index (χ3v) is 7.68. The van der Waals surface area contributed by atoms with E-state index in [-0.39, 0.29) is 11.3 Å². The van der Waals surface area contributed by atoms with Gasteiger partial charge in [-0.2, -0.15) is 0 Å². The van der Waals surface area contributed by atoms with Crippen LogP contribution >= 0.6 is 23.1 Å². The fourth-order valence-corrected chi connectivity index (χ4v) is 5.94. The van der Waals surface area contributed by atoms with Crippen LogP contribution in [0.5, 0.6) is 5.75 Å². The van der Waals surface area contributed by atoms with Crippen molar-refractivity contribution in [2.45, 2.75) is 22.2 Å². The topological polar surface area (TPSA) is 94.0 Å². The molecule has 4 rings (SSSR count). The minimum Gasteiger partial charge on any atom is -0.508 e. The van der Waals surface area contributed by atoms with Gasteiger partial charge < -0.3 is 20.0 Å². The summed E-state index contributed by atoms with van der Waals surface area (Å²) in [5.74, 6) is -1.56. The molecule has 0 spiro atoms. The maximum Gasteiger partial charge on any atom is 0.290 e. The monoisotopic (exact) mass is 495 g/mol. The van der Waals surface area contributed by atoms with E-state index in [1.54, 1.807) is 19.1 Å². The van der Waals surface area contributed by atoms with E-state index in [0.717, 1.165) is 4.90 Å². The van der Waals surface area contributed by atoms with Gasteiger partial charge in [-0.05, 0) is 50.8 Å². The van der Waals surface area contributed by atoms with Gasteiger partial charge in [0.05, 0.1) is 22.2 Å². The highest BCUT2D eigenvalue weighted by Gasteiger charge is 2.44. The van der Waals surface area contributed by atoms with Crippen LogP contribution in [0.25, 0.3) is 0 Å². The van der Waals surface area contributed by atoms with Crippen molar-refractivity contribution >= 4 is 34.8 Å². The molecule has 1 aromatic heterocycles. The van der Waals surface area contributed by atoms with Crippen molar-refractivity contribution in [3.63, 3.8) is 0 Å². The first-order valence-electron chi connectivity index (χ1n) is 10.7. The Morgan fingerprint density at radius 1 is 1.15 bits per heavy atom. The number of ketones is 1. The molecule has 0 saturated heterocycles. The molecular formula is C25H25N3O4S2. The van der Waals surface area contributed by atoms with Gasteiger partial charge in [-0.25, -0.2) is 4.98 Å². The van der Waals surface area contributed by atoms with Crippen LogP contribution in [0.15, 0.2) is 75.2 Å². The number of carbonyl (C=O) groups excluding carboxylic acids is 2. The molecule has 1 amide bonds. The summed E-state index contributed by atoms with van der Waals surface area (Å²) in [6, 6.07) is 15.4. The second-order valence-electron chi connectivity index (χ2n) is 8.20. The van der Waals surface area contributed by atoms with Crippen molar-refractivity contribution in [3.05, 3.63) is 82.1 Å². The number of benzene rings is 2. The van der Waals surface area contributed by atoms with Crippen LogP contribution in [0.1, 0.15) is 27.0 Å². The summed E-state index contributed by atoms with van der Waals surface area (Å²) in [6.45, 7) is 2.61. The molecule has 0 radical (unpaired) electrons. The summed E-state index contributed by atoms with van der Waals surface area (Å²) >= 11 is 2.70. The van der Waals surface area contributed by atoms with Gasteiger partial charge in [0.1, 0.15) is 5.75 Å². The summed E-state index contributed by atoms with van der Waals surface area (Å²) in [7, 11) is 3.77. The lowest BCUT2D eigenvalue weighted by Gasteiger charge is -2.28. The van der Waals surface area contributed by atoms with Crippen molar-refractivity contribution in [1.82, 2.24) is 14.8 Å². The number of carbonyl (C=O) groups is 2. The molecule has 0 aliphatic carbocycles. The average molecular weight is 496 g/mol. The van der Waals surface area contributed by atoms with Gasteiger partial charge in [-0.15, -0.1) is 11.3 Å². The predicted octanol–water partition coefficient (Wildman–Crippen LogP) is 4.45. The van der Waals surface area contributed by atoms with E-state index in [1.807, 2.05) is 49.3 Å². The van der Waals surface area contributed by atoms with Gasteiger partial charge >= 0.3 is 0 Å². The summed E-state index contributed by atoms with van der Waals surface area (Å²) in [5.41, 5.74) is 1.11. The number of phenolic OH excluding ortho intramolecular Hbond substituents is 1. The minimum atomic E-state index is -0.807. The Morgan fingerprint density at radius 2 is 1.88 bits per heavy atom. The Kier molecular flexibility index (Phi) is 7.06. The molecule has 176 valence electrons. The molecule has 0 unspecified atom stereocenters. The number of nitrogens with zero attached hydrogens (tertiary/aromatic N) is 3. The fraction of sp³-hybridized carbons (Fsp3) is 0.240. The number of aromatic nitrogens is 1. The number of aryl methyl sites for hydroxylation is 1. The molecule has 1 atom stereocenters. The summed E-state index contributed by atoms with van der Waals surface area (Å²) < 4.78 is 0.704. The lowest BCUT2D eigenvalue weighted by atomic mass is 9.95. The van der Waals surface area contributed by atoms with Crippen LogP contribution in [-0.2, 0) is 4.79 Å². The molecule has 2 aromatic carbocycles. The van der Waals surface area contributed by atoms with E-state index >= 15 is 0 Å². The lowest BCUT2D eigenvalue weighted by Crippen LogP contribution is -2.36. The van der Waals surface area contributed by atoms with E-state index < -0.39 is 23.5 Å². The molecule has 2 heterocycles. The molecular weight excluding hydrogens is 470 g/mol. The highest BCUT2D eigenvalue weighted by Crippen LogP contribution is 2.42. The van der Waals surface area contributed by atoms with E-state index in [2.05, 4.69) is 4.98 Å². The van der Waals surface area contributed by atoms with Crippen LogP contribution in [-0.4, -0.2) is 63.9 Å². The molecule has 1 aliphatic rings. The number of amides is 1. The normalized spacial score (nSPS) is 16.1. The first-order chi connectivity index (χ1) is 16.3. The highest BCUT2D eigenvalue weighted by atomic mass is 32.2. The Morgan fingerprint density at radius 3 is 2.56 bits per heavy atom. The summed E-state index contributed by atoms with van der Waals surface area (Å²) in [5, 5.41) is 20.9. The molecule has 2 N–H and O–H groups in total. The number of phenols is 1. The predicted molar refractivity (Wildman–Crippen MR) is 133 cm³/mol. The smallest absolute Gasteiger partial charge is 0.290 e. The fourth-order valence-electron chi connectivity index (χ4n) is 3.80. The van der Waals surface area contributed by atoms with Crippen LogP contribution in [0.2, 0.25) is 0 Å². The number of aliphatic hydroxyl groups is 1. The number of thiazole rings is 1. The van der Waals surface area contributed by atoms with Gasteiger partial charge in [0, 0.05) is 18.0 Å². The zero-order valence-corrected chi connectivity index (χ0v) is 20.7. The minimum absolute atomic E-state index is 0.0115. The Bertz CT molecular complexity index is 1250. The maximum atomic E-state index is 13.7. The SMILES string of the molecule is Cc1nc(Sc2ccccc2)sc1C(=O)C1=C(O)C(=O)N(CCN(C)C)[C@H]1c1cccc(O)c1. The largest absolute Gasteiger partial charge is 0.508 e. The maximum absolute atomic E-state index is 13.7. The van der Waals surface area contributed by atoms with Gasteiger partial charge in [0.15, 0.2) is 10.1 Å². The first kappa shape index (κ1) is 24.0. The van der Waals surface area contributed by atoms with Crippen molar-refractivity contribution in [1.29, 1.82) is 0 Å². The zero-order chi connectivity index (χ0) is 24.4. The van der Waals surface area contributed by atoms with Crippen LogP contribution in [0, 0.1) is 6.92 Å². The third kappa shape index (κ3) is 4.86. The Balaban J connectivity index is 1.72.